The first-order chi connectivity index (χ1) is 20.6. The van der Waals surface area contributed by atoms with Gasteiger partial charge in [0.05, 0.1) is 53.6 Å². The van der Waals surface area contributed by atoms with Gasteiger partial charge in [0.15, 0.2) is 6.23 Å². The number of hydrogen-bond acceptors (Lipinski definition) is 11. The number of aliphatic hydroxyl groups is 4. The van der Waals surface area contributed by atoms with Crippen LogP contribution in [0.15, 0.2) is 60.7 Å². The Bertz CT molecular complexity index is 1930. The van der Waals surface area contributed by atoms with Gasteiger partial charge in [-0.1, -0.05) is 18.2 Å². The SMILES string of the molecule is COc1cc(NS(C)(=O)=O)ccc1Nc1c2cc(N[C@@H]3O[C@H](CO)[C@H](O)[C@H](O)[C@H]3O)ccc2nc2c1[nH]c1ccccc12. The van der Waals surface area contributed by atoms with Crippen LogP contribution in [0.2, 0.25) is 0 Å². The standard InChI is InChI=1S/C29H31N5O8S/c1-41-21-12-15(34-43(2,39)40)8-10-20(21)33-24-17-11-14(30-29-28(38)27(37)26(36)22(13-35)42-29)7-9-19(17)31-23-16-5-3-4-6-18(16)32-25(23)24/h3-12,22,26-30,32,34-38H,13H2,1-2H3,(H,31,33)/t22-,26+,27+,28-,29-/m1/s1. The highest BCUT2D eigenvalue weighted by atomic mass is 32.2. The third-order valence-corrected chi connectivity index (χ3v) is 8.00. The lowest BCUT2D eigenvalue weighted by Crippen LogP contribution is -2.60. The molecule has 3 aromatic carbocycles. The molecule has 5 aromatic rings. The maximum atomic E-state index is 11.8. The molecule has 13 nitrogen and oxygen atoms in total. The van der Waals surface area contributed by atoms with Crippen LogP contribution in [0.4, 0.5) is 22.7 Å². The molecule has 5 atom stereocenters. The minimum Gasteiger partial charge on any atom is -0.494 e. The minimum atomic E-state index is -3.50. The summed E-state index contributed by atoms with van der Waals surface area (Å²) in [6.45, 7) is -0.544. The normalized spacial score (nSPS) is 22.6. The van der Waals surface area contributed by atoms with Crippen molar-refractivity contribution in [2.24, 2.45) is 0 Å². The van der Waals surface area contributed by atoms with Crippen molar-refractivity contribution in [3.8, 4) is 5.75 Å². The van der Waals surface area contributed by atoms with Gasteiger partial charge >= 0.3 is 0 Å². The number of hydrogen-bond donors (Lipinski definition) is 8. The molecule has 0 spiro atoms. The first-order valence-corrected chi connectivity index (χ1v) is 15.3. The van der Waals surface area contributed by atoms with E-state index in [1.54, 1.807) is 36.4 Å². The van der Waals surface area contributed by atoms with Crippen LogP contribution in [0.5, 0.6) is 5.75 Å². The lowest BCUT2D eigenvalue weighted by molar-refractivity contribution is -0.221. The molecule has 1 aliphatic heterocycles. The number of rotatable bonds is 8. The van der Waals surface area contributed by atoms with Gasteiger partial charge in [0.2, 0.25) is 10.0 Å². The number of para-hydroxylation sites is 1. The summed E-state index contributed by atoms with van der Waals surface area (Å²) >= 11 is 0. The van der Waals surface area contributed by atoms with Gasteiger partial charge < -0.3 is 45.5 Å². The fourth-order valence-electron chi connectivity index (χ4n) is 5.32. The van der Waals surface area contributed by atoms with Crippen molar-refractivity contribution in [1.82, 2.24) is 9.97 Å². The highest BCUT2D eigenvalue weighted by molar-refractivity contribution is 7.92. The summed E-state index contributed by atoms with van der Waals surface area (Å²) in [5.74, 6) is 0.387. The fourth-order valence-corrected chi connectivity index (χ4v) is 5.88. The first kappa shape index (κ1) is 28.9. The topological polar surface area (TPSA) is 198 Å². The van der Waals surface area contributed by atoms with Crippen molar-refractivity contribution in [1.29, 1.82) is 0 Å². The summed E-state index contributed by atoms with van der Waals surface area (Å²) in [6, 6.07) is 18.0. The molecule has 0 amide bonds. The van der Waals surface area contributed by atoms with E-state index in [-0.39, 0.29) is 0 Å². The number of aliphatic hydroxyl groups excluding tert-OH is 4. The number of pyridine rings is 1. The van der Waals surface area contributed by atoms with Crippen LogP contribution in [0.3, 0.4) is 0 Å². The third kappa shape index (κ3) is 5.51. The number of aromatic nitrogens is 2. The van der Waals surface area contributed by atoms with Crippen LogP contribution in [-0.2, 0) is 14.8 Å². The van der Waals surface area contributed by atoms with Gasteiger partial charge in [0.1, 0.15) is 30.2 Å². The van der Waals surface area contributed by atoms with Gasteiger partial charge in [-0.05, 0) is 36.4 Å². The van der Waals surface area contributed by atoms with Crippen LogP contribution < -0.4 is 20.1 Å². The molecule has 0 unspecified atom stereocenters. The van der Waals surface area contributed by atoms with E-state index in [4.69, 9.17) is 14.5 Å². The smallest absolute Gasteiger partial charge is 0.229 e. The number of sulfonamides is 1. The Balaban J connectivity index is 1.46. The first-order valence-electron chi connectivity index (χ1n) is 13.4. The van der Waals surface area contributed by atoms with Crippen LogP contribution in [-0.4, -0.2) is 89.4 Å². The van der Waals surface area contributed by atoms with E-state index in [9.17, 15) is 28.8 Å². The van der Waals surface area contributed by atoms with E-state index < -0.39 is 47.3 Å². The summed E-state index contributed by atoms with van der Waals surface area (Å²) < 4.78 is 37.2. The second kappa shape index (κ2) is 11.1. The molecule has 0 bridgehead atoms. The molecule has 0 saturated carbocycles. The van der Waals surface area contributed by atoms with Gasteiger partial charge in [-0.2, -0.15) is 0 Å². The zero-order chi connectivity index (χ0) is 30.5. The van der Waals surface area contributed by atoms with E-state index in [0.717, 1.165) is 22.7 Å². The zero-order valence-corrected chi connectivity index (χ0v) is 24.0. The van der Waals surface area contributed by atoms with Crippen LogP contribution in [0.1, 0.15) is 0 Å². The third-order valence-electron chi connectivity index (χ3n) is 7.39. The Kier molecular flexibility index (Phi) is 7.50. The number of ether oxygens (including phenoxy) is 2. The molecule has 0 radical (unpaired) electrons. The molecule has 2 aromatic heterocycles. The molecule has 43 heavy (non-hydrogen) atoms. The minimum absolute atomic E-state index is 0.339. The monoisotopic (exact) mass is 609 g/mol. The number of nitrogens with one attached hydrogen (secondary N) is 4. The van der Waals surface area contributed by atoms with Crippen LogP contribution >= 0.6 is 0 Å². The lowest BCUT2D eigenvalue weighted by Gasteiger charge is -2.40. The summed E-state index contributed by atoms with van der Waals surface area (Å²) in [4.78, 5) is 8.36. The molecular weight excluding hydrogens is 578 g/mol. The van der Waals surface area contributed by atoms with Gasteiger partial charge in [-0.3, -0.25) is 4.72 Å². The average Bonchev–Trinajstić information content (AvgIpc) is 3.35. The largest absolute Gasteiger partial charge is 0.494 e. The summed E-state index contributed by atoms with van der Waals surface area (Å²) in [5, 5.41) is 48.6. The molecule has 1 aliphatic rings. The van der Waals surface area contributed by atoms with Crippen molar-refractivity contribution in [2.45, 2.75) is 30.6 Å². The fraction of sp³-hybridized carbons (Fsp3) is 0.276. The van der Waals surface area contributed by atoms with Gasteiger partial charge in [0.25, 0.3) is 0 Å². The number of aromatic amines is 1. The molecule has 8 N–H and O–H groups in total. The number of nitrogens with zero attached hydrogens (tertiary/aromatic N) is 1. The molecule has 0 aliphatic carbocycles. The van der Waals surface area contributed by atoms with Crippen molar-refractivity contribution >= 4 is 65.6 Å². The van der Waals surface area contributed by atoms with Crippen LogP contribution in [0, 0.1) is 0 Å². The maximum absolute atomic E-state index is 11.8. The Hall–Kier alpha value is -4.18. The van der Waals surface area contributed by atoms with E-state index in [0.29, 0.717) is 44.9 Å². The number of anilines is 4. The van der Waals surface area contributed by atoms with E-state index in [1.807, 2.05) is 24.3 Å². The van der Waals surface area contributed by atoms with E-state index in [1.165, 1.54) is 7.11 Å². The van der Waals surface area contributed by atoms with Crippen molar-refractivity contribution in [3.05, 3.63) is 60.7 Å². The second-order valence-corrected chi connectivity index (χ2v) is 12.2. The maximum Gasteiger partial charge on any atom is 0.229 e. The lowest BCUT2D eigenvalue weighted by atomic mass is 9.98. The summed E-state index contributed by atoms with van der Waals surface area (Å²) in [5.41, 5.74) is 5.02. The Labute approximate surface area is 246 Å². The van der Waals surface area contributed by atoms with Crippen molar-refractivity contribution < 1.29 is 38.3 Å². The zero-order valence-electron chi connectivity index (χ0n) is 23.1. The molecule has 1 fully saturated rings. The van der Waals surface area contributed by atoms with E-state index in [2.05, 4.69) is 20.3 Å². The van der Waals surface area contributed by atoms with Crippen LogP contribution in [0.25, 0.3) is 32.8 Å². The number of methoxy groups -OCH3 is 1. The number of H-pyrrole nitrogens is 1. The van der Waals surface area contributed by atoms with Crippen molar-refractivity contribution in [3.63, 3.8) is 0 Å². The predicted molar refractivity (Wildman–Crippen MR) is 163 cm³/mol. The predicted octanol–water partition coefficient (Wildman–Crippen LogP) is 2.20. The second-order valence-electron chi connectivity index (χ2n) is 10.4. The molecule has 1 saturated heterocycles. The van der Waals surface area contributed by atoms with Crippen molar-refractivity contribution in [2.75, 3.05) is 35.3 Å². The average molecular weight is 610 g/mol. The Morgan fingerprint density at radius 1 is 0.977 bits per heavy atom. The van der Waals surface area contributed by atoms with Gasteiger partial charge in [-0.15, -0.1) is 0 Å². The molecule has 3 heterocycles. The molecule has 226 valence electrons. The highest BCUT2D eigenvalue weighted by Crippen LogP contribution is 2.40. The quantitative estimate of drug-likeness (QED) is 0.128. The molecule has 14 heteroatoms. The summed E-state index contributed by atoms with van der Waals surface area (Å²) in [6.07, 6.45) is -5.58. The van der Waals surface area contributed by atoms with Gasteiger partial charge in [-0.25, -0.2) is 13.4 Å². The number of benzene rings is 3. The number of fused-ring (bicyclic) bond motifs is 4. The summed E-state index contributed by atoms with van der Waals surface area (Å²) in [7, 11) is -2.01. The Morgan fingerprint density at radius 3 is 2.49 bits per heavy atom. The molecular formula is C29H31N5O8S. The van der Waals surface area contributed by atoms with E-state index >= 15 is 0 Å². The Morgan fingerprint density at radius 2 is 1.74 bits per heavy atom. The highest BCUT2D eigenvalue weighted by Gasteiger charge is 2.43. The molecule has 6 rings (SSSR count). The van der Waals surface area contributed by atoms with Gasteiger partial charge in [0, 0.05) is 28.0 Å².